The lowest BCUT2D eigenvalue weighted by molar-refractivity contribution is -0.384. The summed E-state index contributed by atoms with van der Waals surface area (Å²) in [6.45, 7) is 1.05. The molecule has 9 heteroatoms. The van der Waals surface area contributed by atoms with E-state index >= 15 is 0 Å². The van der Waals surface area contributed by atoms with Gasteiger partial charge in [-0.1, -0.05) is 31.4 Å². The van der Waals surface area contributed by atoms with E-state index in [1.54, 1.807) is 18.2 Å². The van der Waals surface area contributed by atoms with Gasteiger partial charge in [-0.05, 0) is 49.9 Å². The van der Waals surface area contributed by atoms with E-state index in [1.807, 2.05) is 4.90 Å². The molecule has 2 N–H and O–H groups in total. The summed E-state index contributed by atoms with van der Waals surface area (Å²) < 4.78 is 14.3. The highest BCUT2D eigenvalue weighted by molar-refractivity contribution is 5.96. The Morgan fingerprint density at radius 2 is 1.56 bits per heavy atom. The summed E-state index contributed by atoms with van der Waals surface area (Å²) in [5.74, 6) is -1.26. The molecule has 1 saturated carbocycles. The number of amides is 2. The van der Waals surface area contributed by atoms with E-state index in [9.17, 15) is 24.1 Å². The third-order valence-corrected chi connectivity index (χ3v) is 6.75. The lowest BCUT2D eigenvalue weighted by Gasteiger charge is -2.32. The van der Waals surface area contributed by atoms with E-state index in [0.717, 1.165) is 32.1 Å². The van der Waals surface area contributed by atoms with Gasteiger partial charge >= 0.3 is 0 Å². The number of nitrogens with zero attached hydrogens (tertiary/aromatic N) is 2. The van der Waals surface area contributed by atoms with Crippen LogP contribution in [0.2, 0.25) is 0 Å². The lowest BCUT2D eigenvalue weighted by Crippen LogP contribution is -2.38. The summed E-state index contributed by atoms with van der Waals surface area (Å²) in [6, 6.07) is 10.8. The van der Waals surface area contributed by atoms with Crippen LogP contribution in [0, 0.1) is 27.8 Å². The maximum Gasteiger partial charge on any atom is 0.292 e. The fourth-order valence-corrected chi connectivity index (χ4v) is 4.81. The Bertz CT molecular complexity index is 1060. The molecule has 2 aliphatic rings. The van der Waals surface area contributed by atoms with E-state index in [-0.39, 0.29) is 35.0 Å². The molecule has 0 radical (unpaired) electrons. The highest BCUT2D eigenvalue weighted by atomic mass is 19.1. The quantitative estimate of drug-likeness (QED) is 0.453. The smallest absolute Gasteiger partial charge is 0.292 e. The van der Waals surface area contributed by atoms with Crippen molar-refractivity contribution in [3.8, 4) is 0 Å². The average molecular weight is 469 g/mol. The molecule has 2 fully saturated rings. The number of carbonyl (C=O) groups excluding carboxylic acids is 2. The highest BCUT2D eigenvalue weighted by Gasteiger charge is 2.28. The Hall–Kier alpha value is -3.49. The molecule has 180 valence electrons. The standard InChI is InChI=1S/C25H29FN4O4/c26-20-11-10-19(16-21(20)28-25(32)17-6-2-1-3-7-17)27-24(31)18-12-14-29(15-13-18)22-8-4-5-9-23(22)30(33)34/h4-5,8-11,16-18H,1-3,6-7,12-15H2,(H,27,31)(H,28,32). The first-order valence-corrected chi connectivity index (χ1v) is 11.8. The molecule has 2 aromatic carbocycles. The molecule has 0 bridgehead atoms. The molecule has 8 nitrogen and oxygen atoms in total. The minimum Gasteiger partial charge on any atom is -0.366 e. The van der Waals surface area contributed by atoms with Crippen molar-refractivity contribution in [2.24, 2.45) is 11.8 Å². The number of nitro groups is 1. The number of anilines is 3. The number of piperidine rings is 1. The third kappa shape index (κ3) is 5.52. The number of hydrogen-bond donors (Lipinski definition) is 2. The predicted octanol–water partition coefficient (Wildman–Crippen LogP) is 5.11. The maximum atomic E-state index is 14.3. The number of carbonyl (C=O) groups is 2. The maximum absolute atomic E-state index is 14.3. The van der Waals surface area contributed by atoms with Crippen LogP contribution in [-0.4, -0.2) is 29.8 Å². The third-order valence-electron chi connectivity index (χ3n) is 6.75. The minimum atomic E-state index is -0.542. The van der Waals surface area contributed by atoms with Gasteiger partial charge in [0.05, 0.1) is 10.6 Å². The van der Waals surface area contributed by atoms with Crippen LogP contribution in [0.15, 0.2) is 42.5 Å². The van der Waals surface area contributed by atoms with Gasteiger partial charge in [0.15, 0.2) is 0 Å². The molecule has 1 aliphatic carbocycles. The molecule has 2 amide bonds. The summed E-state index contributed by atoms with van der Waals surface area (Å²) in [4.78, 5) is 38.2. The molecular formula is C25H29FN4O4. The van der Waals surface area contributed by atoms with Crippen molar-refractivity contribution in [3.63, 3.8) is 0 Å². The number of nitro benzene ring substituents is 1. The molecule has 34 heavy (non-hydrogen) atoms. The van der Waals surface area contributed by atoms with Crippen LogP contribution >= 0.6 is 0 Å². The molecule has 1 heterocycles. The van der Waals surface area contributed by atoms with Crippen molar-refractivity contribution in [1.29, 1.82) is 0 Å². The van der Waals surface area contributed by atoms with Crippen molar-refractivity contribution in [2.45, 2.75) is 44.9 Å². The summed E-state index contributed by atoms with van der Waals surface area (Å²) in [5, 5.41) is 16.8. The molecule has 0 unspecified atom stereocenters. The van der Waals surface area contributed by atoms with Gasteiger partial charge < -0.3 is 15.5 Å². The molecule has 1 aliphatic heterocycles. The first-order valence-electron chi connectivity index (χ1n) is 11.8. The van der Waals surface area contributed by atoms with Crippen molar-refractivity contribution < 1.29 is 18.9 Å². The van der Waals surface area contributed by atoms with Gasteiger partial charge in [-0.2, -0.15) is 0 Å². The number of halogens is 1. The molecular weight excluding hydrogens is 439 g/mol. The van der Waals surface area contributed by atoms with Gasteiger partial charge in [0.2, 0.25) is 11.8 Å². The molecule has 0 atom stereocenters. The fraction of sp³-hybridized carbons (Fsp3) is 0.440. The van der Waals surface area contributed by atoms with Gasteiger partial charge in [-0.3, -0.25) is 19.7 Å². The number of hydrogen-bond acceptors (Lipinski definition) is 5. The Morgan fingerprint density at radius 3 is 2.26 bits per heavy atom. The van der Waals surface area contributed by atoms with Crippen LogP contribution in [0.1, 0.15) is 44.9 Å². The average Bonchev–Trinajstić information content (AvgIpc) is 2.86. The van der Waals surface area contributed by atoms with Crippen molar-refractivity contribution in [1.82, 2.24) is 0 Å². The van der Waals surface area contributed by atoms with Gasteiger partial charge in [0.1, 0.15) is 11.5 Å². The summed E-state index contributed by atoms with van der Waals surface area (Å²) in [7, 11) is 0. The summed E-state index contributed by atoms with van der Waals surface area (Å²) in [5.41, 5.74) is 1.11. The van der Waals surface area contributed by atoms with Crippen LogP contribution < -0.4 is 15.5 Å². The minimum absolute atomic E-state index is 0.0551. The first-order chi connectivity index (χ1) is 16.4. The second-order valence-corrected chi connectivity index (χ2v) is 9.02. The lowest BCUT2D eigenvalue weighted by atomic mass is 9.88. The van der Waals surface area contributed by atoms with Gasteiger partial charge in [0.25, 0.3) is 5.69 Å². The SMILES string of the molecule is O=C(Nc1ccc(F)c(NC(=O)C2CCCCC2)c1)C1CCN(c2ccccc2[N+](=O)[O-])CC1. The molecule has 4 rings (SSSR count). The summed E-state index contributed by atoms with van der Waals surface area (Å²) >= 11 is 0. The largest absolute Gasteiger partial charge is 0.366 e. The molecule has 0 spiro atoms. The topological polar surface area (TPSA) is 105 Å². The van der Waals surface area contributed by atoms with Crippen LogP contribution in [0.5, 0.6) is 0 Å². The van der Waals surface area contributed by atoms with Crippen molar-refractivity contribution in [3.05, 3.63) is 58.4 Å². The van der Waals surface area contributed by atoms with E-state index in [0.29, 0.717) is 37.3 Å². The number of para-hydroxylation sites is 2. The summed E-state index contributed by atoms with van der Waals surface area (Å²) in [6.07, 6.45) is 5.86. The highest BCUT2D eigenvalue weighted by Crippen LogP contribution is 2.32. The molecule has 2 aromatic rings. The number of benzene rings is 2. The van der Waals surface area contributed by atoms with E-state index in [2.05, 4.69) is 10.6 Å². The molecule has 1 saturated heterocycles. The van der Waals surface area contributed by atoms with Crippen LogP contribution in [0.4, 0.5) is 27.1 Å². The van der Waals surface area contributed by atoms with Crippen molar-refractivity contribution in [2.75, 3.05) is 28.6 Å². The predicted molar refractivity (Wildman–Crippen MR) is 128 cm³/mol. The zero-order valence-electron chi connectivity index (χ0n) is 19.0. The Balaban J connectivity index is 1.35. The van der Waals surface area contributed by atoms with Crippen LogP contribution in [-0.2, 0) is 9.59 Å². The van der Waals surface area contributed by atoms with Gasteiger partial charge in [-0.15, -0.1) is 0 Å². The zero-order chi connectivity index (χ0) is 24.1. The second-order valence-electron chi connectivity index (χ2n) is 9.02. The first kappa shape index (κ1) is 23.7. The van der Waals surface area contributed by atoms with Gasteiger partial charge in [-0.25, -0.2) is 4.39 Å². The van der Waals surface area contributed by atoms with Crippen LogP contribution in [0.3, 0.4) is 0 Å². The number of rotatable bonds is 6. The van der Waals surface area contributed by atoms with E-state index < -0.39 is 10.7 Å². The molecule has 0 aromatic heterocycles. The van der Waals surface area contributed by atoms with Crippen molar-refractivity contribution >= 4 is 34.6 Å². The zero-order valence-corrected chi connectivity index (χ0v) is 19.0. The van der Waals surface area contributed by atoms with E-state index in [4.69, 9.17) is 0 Å². The monoisotopic (exact) mass is 468 g/mol. The second kappa shape index (κ2) is 10.6. The number of nitrogens with one attached hydrogen (secondary N) is 2. The Morgan fingerprint density at radius 1 is 0.912 bits per heavy atom. The normalized spacial score (nSPS) is 17.3. The Labute approximate surface area is 197 Å². The van der Waals surface area contributed by atoms with Crippen LogP contribution in [0.25, 0.3) is 0 Å². The van der Waals surface area contributed by atoms with E-state index in [1.165, 1.54) is 24.3 Å². The fourth-order valence-electron chi connectivity index (χ4n) is 4.81. The Kier molecular flexibility index (Phi) is 7.40. The van der Waals surface area contributed by atoms with Gasteiger partial charge in [0, 0.05) is 36.7 Å².